The summed E-state index contributed by atoms with van der Waals surface area (Å²) in [7, 11) is -6.81. The van der Waals surface area contributed by atoms with E-state index in [1.54, 1.807) is 72.8 Å². The van der Waals surface area contributed by atoms with E-state index in [9.17, 15) is 34.4 Å². The number of nitrogen functional groups attached to an aromatic ring is 1. The predicted molar refractivity (Wildman–Crippen MR) is 448 cm³/mol. The first kappa shape index (κ1) is 90.7. The maximum atomic E-state index is 13.0. The van der Waals surface area contributed by atoms with E-state index in [-0.39, 0.29) is 57.6 Å². The summed E-state index contributed by atoms with van der Waals surface area (Å²) in [5.74, 6) is 13.5. The number of nitrogens with one attached hydrogen (secondary N) is 1. The molecule has 23 nitrogen and oxygen atoms in total. The Bertz CT molecular complexity index is 4620. The molecule has 0 aliphatic carbocycles. The third-order valence-corrected chi connectivity index (χ3v) is 35.4. The number of non-ortho nitro benzene ring substituents is 2. The van der Waals surface area contributed by atoms with Crippen LogP contribution in [0.3, 0.4) is 0 Å². The van der Waals surface area contributed by atoms with Crippen molar-refractivity contribution < 1.29 is 75.3 Å². The van der Waals surface area contributed by atoms with E-state index in [4.69, 9.17) is 58.8 Å². The van der Waals surface area contributed by atoms with Gasteiger partial charge < -0.3 is 43.3 Å². The molecule has 111 heavy (non-hydrogen) atoms. The van der Waals surface area contributed by atoms with E-state index in [1.165, 1.54) is 43.2 Å². The Morgan fingerprint density at radius 2 is 0.865 bits per heavy atom. The minimum absolute atomic E-state index is 0. The Morgan fingerprint density at radius 1 is 0.514 bits per heavy atom. The molecule has 10 rings (SSSR count). The maximum absolute atomic E-state index is 13.0. The number of aromatic nitrogens is 4. The zero-order valence-corrected chi connectivity index (χ0v) is 72.2. The monoisotopic (exact) mass is 1590 g/mol. The minimum atomic E-state index is -3.13. The molecular formula is C82H105LiN9O14PSi4. The molecule has 29 heteroatoms. The molecule has 2 aromatic heterocycles. The summed E-state index contributed by atoms with van der Waals surface area (Å²) < 4.78 is 58.4. The van der Waals surface area contributed by atoms with Crippen LogP contribution in [0.1, 0.15) is 110 Å². The summed E-state index contributed by atoms with van der Waals surface area (Å²) in [6.07, 6.45) is 1.05. The number of nitro groups is 2. The second-order valence-corrected chi connectivity index (χ2v) is 52.7. The number of imidazole rings is 2. The number of rotatable bonds is 27. The molecule has 0 aliphatic rings. The van der Waals surface area contributed by atoms with Crippen LogP contribution in [0.4, 0.5) is 11.4 Å². The van der Waals surface area contributed by atoms with Gasteiger partial charge in [0.2, 0.25) is 0 Å². The van der Waals surface area contributed by atoms with Crippen LogP contribution >= 0.6 is 7.37 Å². The van der Waals surface area contributed by atoms with Gasteiger partial charge in [0.25, 0.3) is 18.7 Å². The molecule has 0 bridgehead atoms. The molecule has 2 heterocycles. The molecular weight excluding hydrogens is 1490 g/mol. The average molecular weight is 1590 g/mol. The summed E-state index contributed by atoms with van der Waals surface area (Å²) in [4.78, 5) is 60.5. The number of methoxy groups -OCH3 is 2. The summed E-state index contributed by atoms with van der Waals surface area (Å²) in [5, 5.41) is 23.9. The van der Waals surface area contributed by atoms with Gasteiger partial charge in [-0.15, -0.1) is 0 Å². The van der Waals surface area contributed by atoms with Crippen molar-refractivity contribution in [3.63, 3.8) is 0 Å². The van der Waals surface area contributed by atoms with Gasteiger partial charge in [0.15, 0.2) is 28.0 Å². The fourth-order valence-electron chi connectivity index (χ4n) is 11.2. The number of nitro benzene ring substituents is 2. The molecule has 0 saturated carbocycles. The molecule has 0 aliphatic heterocycles. The number of nitrogens with two attached hydrogens (primary N) is 2. The topological polar surface area (TPSA) is 315 Å². The van der Waals surface area contributed by atoms with Crippen molar-refractivity contribution in [3.05, 3.63) is 277 Å². The molecule has 0 amide bonds. The van der Waals surface area contributed by atoms with Gasteiger partial charge in [-0.25, -0.2) is 34.8 Å². The molecule has 10 aromatic rings. The number of para-hydroxylation sites is 2. The third-order valence-electron chi connectivity index (χ3n) is 18.7. The first-order valence-corrected chi connectivity index (χ1v) is 50.4. The summed E-state index contributed by atoms with van der Waals surface area (Å²) in [6, 6.07) is 64.0. The number of esters is 2. The van der Waals surface area contributed by atoms with Crippen LogP contribution in [-0.2, 0) is 27.5 Å². The number of carbonyl (C=O) groups excluding carboxylic acids is 2. The normalized spacial score (nSPS) is 12.4. The molecule has 584 valence electrons. The molecule has 0 saturated heterocycles. The zero-order chi connectivity index (χ0) is 81.0. The predicted octanol–water partition coefficient (Wildman–Crippen LogP) is 17.2. The second kappa shape index (κ2) is 39.8. The molecule has 0 fully saturated rings. The van der Waals surface area contributed by atoms with E-state index >= 15 is 0 Å². The molecule has 0 radical (unpaired) electrons. The second-order valence-electron chi connectivity index (χ2n) is 31.1. The van der Waals surface area contributed by atoms with Crippen LogP contribution in [0.25, 0.3) is 27.2 Å². The number of hydrogen-bond donors (Lipinski definition) is 3. The van der Waals surface area contributed by atoms with Crippen LogP contribution in [0.5, 0.6) is 23.0 Å². The summed E-state index contributed by atoms with van der Waals surface area (Å²) >= 11 is 0. The van der Waals surface area contributed by atoms with E-state index in [0.717, 1.165) is 11.1 Å². The van der Waals surface area contributed by atoms with Crippen molar-refractivity contribution in [2.45, 2.75) is 142 Å². The van der Waals surface area contributed by atoms with Crippen molar-refractivity contribution >= 4 is 74.4 Å². The van der Waals surface area contributed by atoms with Crippen molar-refractivity contribution in [1.82, 2.24) is 19.6 Å². The Labute approximate surface area is 668 Å². The number of hydrogen-bond acceptors (Lipinski definition) is 18. The van der Waals surface area contributed by atoms with Crippen LogP contribution in [0.15, 0.2) is 218 Å². The maximum Gasteiger partial charge on any atom is 1.00 e. The minimum Gasteiger partial charge on any atom is -0.668 e. The van der Waals surface area contributed by atoms with Crippen LogP contribution in [0.2, 0.25) is 75.5 Å². The van der Waals surface area contributed by atoms with Gasteiger partial charge in [-0.2, -0.15) is 0 Å². The molecule has 8 aromatic carbocycles. The Hall–Kier alpha value is -9.19. The van der Waals surface area contributed by atoms with E-state index in [2.05, 4.69) is 112 Å². The molecule has 0 spiro atoms. The number of carbonyl (C=O) groups is 2. The van der Waals surface area contributed by atoms with Crippen molar-refractivity contribution in [2.75, 3.05) is 33.3 Å². The van der Waals surface area contributed by atoms with E-state index in [1.807, 2.05) is 121 Å². The fourth-order valence-corrected chi connectivity index (χ4v) is 23.0. The number of nitrogens with zero attached hydrogens (tertiary/aromatic N) is 6. The van der Waals surface area contributed by atoms with E-state index in [0.29, 0.717) is 93.8 Å². The van der Waals surface area contributed by atoms with Gasteiger partial charge in [0, 0.05) is 71.1 Å². The largest absolute Gasteiger partial charge is 1.00 e. The number of ether oxygens (including phenoxy) is 4. The van der Waals surface area contributed by atoms with E-state index < -0.39 is 68.2 Å². The molecule has 5 N–H and O–H groups in total. The Morgan fingerprint density at radius 3 is 1.21 bits per heavy atom. The number of H-pyrrole nitrogens is 1. The summed E-state index contributed by atoms with van der Waals surface area (Å²) in [6.45, 7) is 36.5. The fraction of sp³-hybridized carbons (Fsp3) is 0.317. The smallest absolute Gasteiger partial charge is 0.668 e. The van der Waals surface area contributed by atoms with Gasteiger partial charge in [-0.1, -0.05) is 194 Å². The van der Waals surface area contributed by atoms with Gasteiger partial charge >= 0.3 is 30.8 Å². The van der Waals surface area contributed by atoms with Crippen LogP contribution < -0.4 is 50.7 Å². The standard InChI is InChI=1S/C32H38N4O6Si.C32H37N3O6Si.C12H12NO2P.C6H18NSi2.Li/c1-32(2,3)43(5,6)41-21-20-27(22-12-16-24(17-13-22)36(38)39)30-34-28(29(35(30)33)31(37)40-4)23-14-18-26(19-15-23)42-25-10-8-7-9-11-25;1-32(2,3)42(5,6)40-21-20-27(22-12-16-24(17-13-22)35(37)38)30-33-28(29(34-30)31(36)39-4)23-14-18-26(19-15-23)41-25-10-8-7-9-11-25;13-15-16(14,11-7-3-1-4-8-11)12-9-5-2-6-10-12;1-8(2,3)7-9(4,5)6;/h7-19,27H,20-21,33H2,1-6H3;7-19,27H,20-21H2,1-6H3,(H,33,34);1-10H,13H2;1-6H3;/q;;;-1;+1. The van der Waals surface area contributed by atoms with Crippen molar-refractivity contribution in [3.8, 4) is 45.5 Å². The first-order chi connectivity index (χ1) is 51.7. The Balaban J connectivity index is 0.000000263. The number of benzene rings is 8. The van der Waals surface area contributed by atoms with Gasteiger partial charge in [0.1, 0.15) is 46.0 Å². The average Bonchev–Trinajstić information content (AvgIpc) is 1.64. The van der Waals surface area contributed by atoms with Gasteiger partial charge in [-0.05, 0) is 157 Å². The zero-order valence-electron chi connectivity index (χ0n) is 67.3. The SMILES string of the molecule is COC(=O)c1[nH]c(C(CCO[Si](C)(C)C(C)(C)C)c2ccc([N+](=O)[O-])cc2)nc1-c1ccc(Oc2ccccc2)cc1.COC(=O)c1c(-c2ccc(Oc3ccccc3)cc2)nc(C(CCO[Si](C)(C)C(C)(C)C)c2ccc([N+](=O)[O-])cc2)n1N.C[Si](C)(C)[N-][Si](C)(C)C.NOP(=O)(c1ccccc1)c1ccccc1.[Li+]. The molecule has 2 unspecified atom stereocenters. The molecule has 2 atom stereocenters. The Kier molecular flexibility index (Phi) is 32.5. The quantitative estimate of drug-likeness (QED) is 0.0108. The summed E-state index contributed by atoms with van der Waals surface area (Å²) in [5.41, 5.74) is 4.03. The third kappa shape index (κ3) is 25.7. The number of aromatic amines is 1. The van der Waals surface area contributed by atoms with Crippen LogP contribution in [0, 0.1) is 20.2 Å². The van der Waals surface area contributed by atoms with Crippen molar-refractivity contribution in [2.24, 2.45) is 5.90 Å². The first-order valence-electron chi connectivity index (χ1n) is 36.1. The van der Waals surface area contributed by atoms with Crippen molar-refractivity contribution in [1.29, 1.82) is 0 Å². The van der Waals surface area contributed by atoms with Crippen LogP contribution in [-0.4, -0.2) is 102 Å². The van der Waals surface area contributed by atoms with Gasteiger partial charge in [-0.3, -0.25) is 24.8 Å². The van der Waals surface area contributed by atoms with Gasteiger partial charge in [0.05, 0.1) is 24.1 Å².